The summed E-state index contributed by atoms with van der Waals surface area (Å²) in [6, 6.07) is 0. The molecule has 0 saturated carbocycles. The van der Waals surface area contributed by atoms with Crippen LogP contribution in [0.15, 0.2) is 0 Å². The maximum absolute atomic E-state index is 9.00. The lowest BCUT2D eigenvalue weighted by molar-refractivity contribution is -0.134. The molecule has 42 valence electrons. The molecule has 0 saturated heterocycles. The van der Waals surface area contributed by atoms with Gasteiger partial charge in [0.2, 0.25) is 5.75 Å². The summed E-state index contributed by atoms with van der Waals surface area (Å²) >= 11 is 4.32. The maximum atomic E-state index is 9.00. The van der Waals surface area contributed by atoms with E-state index in [9.17, 15) is 0 Å². The highest BCUT2D eigenvalue weighted by Crippen LogP contribution is 1.42. The van der Waals surface area contributed by atoms with Gasteiger partial charge in [-0.2, -0.15) is 0 Å². The second kappa shape index (κ2) is 9.06. The van der Waals surface area contributed by atoms with E-state index >= 15 is 0 Å². The first-order valence-electron chi connectivity index (χ1n) is 1.38. The van der Waals surface area contributed by atoms with Crippen molar-refractivity contribution < 1.29 is 14.7 Å². The summed E-state index contributed by atoms with van der Waals surface area (Å²) in [6.07, 6.45) is 0. The molecule has 0 aromatic rings. The number of carboxylic acid groups (broad SMARTS) is 1. The van der Waals surface area contributed by atoms with Crippen molar-refractivity contribution in [2.24, 2.45) is 0 Å². The molecular weight excluding hydrogens is 119 g/mol. The minimum Gasteiger partial charge on any atom is -0.481 e. The van der Waals surface area contributed by atoms with E-state index < -0.39 is 5.97 Å². The van der Waals surface area contributed by atoms with Crippen molar-refractivity contribution in [2.45, 2.75) is 6.92 Å². The zero-order chi connectivity index (χ0) is 6.28. The van der Waals surface area contributed by atoms with Crippen molar-refractivity contribution in [1.29, 1.82) is 0 Å². The number of hydrogen-bond donors (Lipinski definition) is 1. The molecule has 0 aromatic heterocycles. The standard InChI is InChI=1S/C2H4O2.CHClO/c1-2(3)4;2-1-3/h1H3,(H,3,4);1H. The van der Waals surface area contributed by atoms with Crippen LogP contribution in [0.1, 0.15) is 6.92 Å². The van der Waals surface area contributed by atoms with Gasteiger partial charge in [0.15, 0.2) is 0 Å². The van der Waals surface area contributed by atoms with Crippen LogP contribution in [0.2, 0.25) is 0 Å². The van der Waals surface area contributed by atoms with E-state index in [1.165, 1.54) is 0 Å². The van der Waals surface area contributed by atoms with Gasteiger partial charge in [-0.05, 0) is 11.6 Å². The molecule has 4 heteroatoms. The molecule has 7 heavy (non-hydrogen) atoms. The van der Waals surface area contributed by atoms with Gasteiger partial charge >= 0.3 is 0 Å². The molecule has 0 bridgehead atoms. The molecular formula is C3H5ClO3. The first kappa shape index (κ1) is 9.66. The molecule has 0 radical (unpaired) electrons. The minimum atomic E-state index is -0.833. The quantitative estimate of drug-likeness (QED) is 0.378. The monoisotopic (exact) mass is 124 g/mol. The summed E-state index contributed by atoms with van der Waals surface area (Å²) in [5, 5.41) is 7.42. The second-order valence-electron chi connectivity index (χ2n) is 0.608. The fourth-order valence-corrected chi connectivity index (χ4v) is 0. The summed E-state index contributed by atoms with van der Waals surface area (Å²) in [5.74, 6) is -0.611. The van der Waals surface area contributed by atoms with Crippen LogP contribution in [0.5, 0.6) is 0 Å². The molecule has 0 rings (SSSR count). The van der Waals surface area contributed by atoms with Crippen molar-refractivity contribution >= 4 is 23.3 Å². The summed E-state index contributed by atoms with van der Waals surface area (Å²) in [7, 11) is 0. The van der Waals surface area contributed by atoms with Gasteiger partial charge in [-0.1, -0.05) is 0 Å². The van der Waals surface area contributed by atoms with E-state index in [0.717, 1.165) is 6.92 Å². The van der Waals surface area contributed by atoms with Crippen molar-refractivity contribution in [3.05, 3.63) is 0 Å². The number of aliphatic carboxylic acids is 1. The smallest absolute Gasteiger partial charge is 0.300 e. The lowest BCUT2D eigenvalue weighted by Crippen LogP contribution is -1.78. The molecule has 0 atom stereocenters. The largest absolute Gasteiger partial charge is 0.481 e. The zero-order valence-electron chi connectivity index (χ0n) is 3.72. The molecule has 0 aliphatic carbocycles. The maximum Gasteiger partial charge on any atom is 0.300 e. The Morgan fingerprint density at radius 2 is 1.86 bits per heavy atom. The normalized spacial score (nSPS) is 5.43. The van der Waals surface area contributed by atoms with Gasteiger partial charge < -0.3 is 5.11 Å². The third-order valence-electron chi connectivity index (χ3n) is 0. The first-order chi connectivity index (χ1) is 3.15. The molecule has 0 amide bonds. The van der Waals surface area contributed by atoms with Crippen LogP contribution in [0.25, 0.3) is 0 Å². The number of rotatable bonds is 0. The molecule has 0 unspecified atom stereocenters. The van der Waals surface area contributed by atoms with Crippen LogP contribution < -0.4 is 0 Å². The van der Waals surface area contributed by atoms with Crippen molar-refractivity contribution in [2.75, 3.05) is 0 Å². The van der Waals surface area contributed by atoms with E-state index in [-0.39, 0.29) is 5.75 Å². The zero-order valence-corrected chi connectivity index (χ0v) is 4.47. The number of carbonyl (C=O) groups is 2. The van der Waals surface area contributed by atoms with Crippen molar-refractivity contribution in [3.63, 3.8) is 0 Å². The Kier molecular flexibility index (Phi) is 12.5. The molecule has 0 aromatic carbocycles. The second-order valence-corrected chi connectivity index (χ2v) is 0.786. The first-order valence-corrected chi connectivity index (χ1v) is 1.82. The Labute approximate surface area is 45.9 Å². The molecule has 1 N–H and O–H groups in total. The molecule has 0 spiro atoms. The average Bonchev–Trinajstić information content (AvgIpc) is 1.33. The highest BCUT2D eigenvalue weighted by molar-refractivity contribution is 6.54. The number of carbonyl (C=O) groups excluding carboxylic acids is 1. The Morgan fingerprint density at radius 3 is 1.86 bits per heavy atom. The van der Waals surface area contributed by atoms with Crippen LogP contribution in [0, 0.1) is 0 Å². The summed E-state index contributed by atoms with van der Waals surface area (Å²) in [6.45, 7) is 1.08. The van der Waals surface area contributed by atoms with Crippen molar-refractivity contribution in [3.8, 4) is 0 Å². The van der Waals surface area contributed by atoms with Crippen LogP contribution in [0.4, 0.5) is 0 Å². The van der Waals surface area contributed by atoms with Gasteiger partial charge in [-0.3, -0.25) is 9.59 Å². The van der Waals surface area contributed by atoms with Crippen LogP contribution in [-0.2, 0) is 9.59 Å². The van der Waals surface area contributed by atoms with Gasteiger partial charge in [0.1, 0.15) is 0 Å². The van der Waals surface area contributed by atoms with E-state index in [1.54, 1.807) is 0 Å². The Hall–Kier alpha value is -0.570. The highest BCUT2D eigenvalue weighted by atomic mass is 35.5. The molecule has 3 nitrogen and oxygen atoms in total. The van der Waals surface area contributed by atoms with Gasteiger partial charge in [0, 0.05) is 6.92 Å². The highest BCUT2D eigenvalue weighted by Gasteiger charge is 1.65. The average molecular weight is 125 g/mol. The fraction of sp³-hybridized carbons (Fsp3) is 0.333. The predicted octanol–water partition coefficient (Wildman–Crippen LogP) is 0.506. The van der Waals surface area contributed by atoms with Gasteiger partial charge in [0.05, 0.1) is 0 Å². The Balaban J connectivity index is 0. The lowest BCUT2D eigenvalue weighted by atomic mass is 10.9. The van der Waals surface area contributed by atoms with Crippen LogP contribution in [-0.4, -0.2) is 16.8 Å². The third kappa shape index (κ3) is 197. The molecule has 0 aliphatic heterocycles. The molecule has 0 heterocycles. The van der Waals surface area contributed by atoms with Gasteiger partial charge in [-0.15, -0.1) is 0 Å². The number of carboxylic acids is 1. The molecule has 0 aliphatic rings. The summed E-state index contributed by atoms with van der Waals surface area (Å²) in [5.41, 5.74) is 0. The van der Waals surface area contributed by atoms with E-state index in [1.807, 2.05) is 0 Å². The topological polar surface area (TPSA) is 54.4 Å². The number of halogens is 1. The number of hydrogen-bond acceptors (Lipinski definition) is 2. The third-order valence-corrected chi connectivity index (χ3v) is 0. The summed E-state index contributed by atoms with van der Waals surface area (Å²) < 4.78 is 0. The van der Waals surface area contributed by atoms with Gasteiger partial charge in [-0.25, -0.2) is 0 Å². The van der Waals surface area contributed by atoms with Gasteiger partial charge in [0.25, 0.3) is 5.97 Å². The Morgan fingerprint density at radius 1 is 1.86 bits per heavy atom. The van der Waals surface area contributed by atoms with Crippen molar-refractivity contribution in [1.82, 2.24) is 0 Å². The minimum absolute atomic E-state index is 0.222. The lowest BCUT2D eigenvalue weighted by Gasteiger charge is -1.59. The predicted molar refractivity (Wildman–Crippen MR) is 25.9 cm³/mol. The van der Waals surface area contributed by atoms with Crippen LogP contribution >= 0.6 is 11.6 Å². The van der Waals surface area contributed by atoms with Crippen LogP contribution in [0.3, 0.4) is 0 Å². The van der Waals surface area contributed by atoms with E-state index in [0.29, 0.717) is 0 Å². The SMILES string of the molecule is CC(=O)O.O=CCl. The van der Waals surface area contributed by atoms with E-state index in [2.05, 4.69) is 11.6 Å². The van der Waals surface area contributed by atoms with E-state index in [4.69, 9.17) is 14.7 Å². The summed E-state index contributed by atoms with van der Waals surface area (Å²) in [4.78, 5) is 17.6. The Bertz CT molecular complexity index is 57.2. The molecule has 0 fully saturated rings. The fourth-order valence-electron chi connectivity index (χ4n) is 0.